The second kappa shape index (κ2) is 6.25. The molecule has 1 amide bonds. The number of carbonyl (C=O) groups excluding carboxylic acids is 1. The van der Waals surface area contributed by atoms with Crippen molar-refractivity contribution in [2.75, 3.05) is 5.32 Å². The van der Waals surface area contributed by atoms with Gasteiger partial charge in [0.2, 0.25) is 5.91 Å². The highest BCUT2D eigenvalue weighted by Gasteiger charge is 2.10. The van der Waals surface area contributed by atoms with Crippen LogP contribution >= 0.6 is 0 Å². The number of anilines is 1. The predicted molar refractivity (Wildman–Crippen MR) is 72.3 cm³/mol. The molecule has 2 aromatic rings. The Kier molecular flexibility index (Phi) is 4.41. The van der Waals surface area contributed by atoms with Gasteiger partial charge in [-0.3, -0.25) is 4.79 Å². The first kappa shape index (κ1) is 14.1. The Labute approximate surface area is 115 Å². The molecule has 3 N–H and O–H groups in total. The zero-order chi connectivity index (χ0) is 14.5. The van der Waals surface area contributed by atoms with Crippen molar-refractivity contribution in [3.8, 4) is 0 Å². The molecule has 6 nitrogen and oxygen atoms in total. The maximum atomic E-state index is 12.7. The molecule has 0 saturated heterocycles. The van der Waals surface area contributed by atoms with Gasteiger partial charge in [-0.15, -0.1) is 5.10 Å². The normalized spacial score (nSPS) is 12.2. The number of nitrogens with zero attached hydrogens (tertiary/aromatic N) is 3. The minimum absolute atomic E-state index is 0.0286. The van der Waals surface area contributed by atoms with Gasteiger partial charge in [0.05, 0.1) is 17.9 Å². The fourth-order valence-corrected chi connectivity index (χ4v) is 1.65. The van der Waals surface area contributed by atoms with Gasteiger partial charge in [-0.25, -0.2) is 9.07 Å². The van der Waals surface area contributed by atoms with E-state index in [0.29, 0.717) is 11.4 Å². The monoisotopic (exact) mass is 277 g/mol. The van der Waals surface area contributed by atoms with E-state index in [0.717, 1.165) is 6.42 Å². The number of halogens is 1. The molecule has 1 atom stereocenters. The van der Waals surface area contributed by atoms with E-state index in [1.807, 2.05) is 6.92 Å². The first-order chi connectivity index (χ1) is 9.58. The van der Waals surface area contributed by atoms with Crippen LogP contribution in [-0.4, -0.2) is 20.9 Å². The van der Waals surface area contributed by atoms with Crippen molar-refractivity contribution in [1.82, 2.24) is 15.0 Å². The van der Waals surface area contributed by atoms with Crippen LogP contribution in [0.3, 0.4) is 0 Å². The summed E-state index contributed by atoms with van der Waals surface area (Å²) in [5, 5.41) is 10.4. The van der Waals surface area contributed by atoms with Crippen LogP contribution in [0, 0.1) is 5.82 Å². The molecular weight excluding hydrogens is 261 g/mol. The van der Waals surface area contributed by atoms with Crippen molar-refractivity contribution in [3.63, 3.8) is 0 Å². The van der Waals surface area contributed by atoms with Crippen molar-refractivity contribution >= 4 is 11.6 Å². The van der Waals surface area contributed by atoms with Crippen LogP contribution in [-0.2, 0) is 11.3 Å². The molecular formula is C13H16FN5O. The van der Waals surface area contributed by atoms with E-state index >= 15 is 0 Å². The Morgan fingerprint density at radius 2 is 2.15 bits per heavy atom. The summed E-state index contributed by atoms with van der Waals surface area (Å²) in [4.78, 5) is 11.8. The van der Waals surface area contributed by atoms with Gasteiger partial charge in [0, 0.05) is 5.69 Å². The lowest BCUT2D eigenvalue weighted by Gasteiger charge is -2.05. The molecule has 2 rings (SSSR count). The van der Waals surface area contributed by atoms with Crippen LogP contribution in [0.15, 0.2) is 30.5 Å². The molecule has 106 valence electrons. The summed E-state index contributed by atoms with van der Waals surface area (Å²) in [6.07, 6.45) is 2.40. The molecule has 7 heteroatoms. The highest BCUT2D eigenvalue weighted by molar-refractivity contribution is 5.90. The first-order valence-corrected chi connectivity index (χ1v) is 6.29. The summed E-state index contributed by atoms with van der Waals surface area (Å²) in [6, 6.07) is 5.37. The molecule has 20 heavy (non-hydrogen) atoms. The number of nitrogens with two attached hydrogens (primary N) is 1. The highest BCUT2D eigenvalue weighted by atomic mass is 19.1. The lowest BCUT2D eigenvalue weighted by atomic mass is 10.2. The summed E-state index contributed by atoms with van der Waals surface area (Å²) < 4.78 is 14.2. The van der Waals surface area contributed by atoms with Crippen LogP contribution in [0.25, 0.3) is 0 Å². The number of rotatable bonds is 5. The van der Waals surface area contributed by atoms with Crippen molar-refractivity contribution in [3.05, 3.63) is 42.0 Å². The quantitative estimate of drug-likeness (QED) is 0.866. The zero-order valence-electron chi connectivity index (χ0n) is 11.1. The molecule has 0 spiro atoms. The summed E-state index contributed by atoms with van der Waals surface area (Å²) in [6.45, 7) is 1.98. The second-order valence-corrected chi connectivity index (χ2v) is 4.41. The number of carbonyl (C=O) groups is 1. The fourth-order valence-electron chi connectivity index (χ4n) is 1.65. The Hall–Kier alpha value is -2.28. The van der Waals surface area contributed by atoms with E-state index in [1.165, 1.54) is 28.9 Å². The van der Waals surface area contributed by atoms with E-state index in [-0.39, 0.29) is 24.3 Å². The average Bonchev–Trinajstić information content (AvgIpc) is 2.89. The molecule has 0 fully saturated rings. The van der Waals surface area contributed by atoms with E-state index < -0.39 is 0 Å². The summed E-state index contributed by atoms with van der Waals surface area (Å²) >= 11 is 0. The first-order valence-electron chi connectivity index (χ1n) is 6.29. The number of amides is 1. The third kappa shape index (κ3) is 3.61. The van der Waals surface area contributed by atoms with Crippen LogP contribution < -0.4 is 11.1 Å². The number of aromatic nitrogens is 3. The van der Waals surface area contributed by atoms with Crippen LogP contribution in [0.2, 0.25) is 0 Å². The summed E-state index contributed by atoms with van der Waals surface area (Å²) in [7, 11) is 0. The maximum Gasteiger partial charge on any atom is 0.246 e. The van der Waals surface area contributed by atoms with Crippen molar-refractivity contribution in [1.29, 1.82) is 0 Å². The van der Waals surface area contributed by atoms with Gasteiger partial charge in [-0.05, 0) is 30.7 Å². The van der Waals surface area contributed by atoms with E-state index in [1.54, 1.807) is 6.20 Å². The number of hydrogen-bond acceptors (Lipinski definition) is 4. The van der Waals surface area contributed by atoms with Crippen molar-refractivity contribution in [2.24, 2.45) is 5.73 Å². The molecule has 1 unspecified atom stereocenters. The van der Waals surface area contributed by atoms with Gasteiger partial charge in [0.15, 0.2) is 0 Å². The Balaban J connectivity index is 1.94. The van der Waals surface area contributed by atoms with E-state index in [9.17, 15) is 9.18 Å². The van der Waals surface area contributed by atoms with Gasteiger partial charge >= 0.3 is 0 Å². The smallest absolute Gasteiger partial charge is 0.246 e. The van der Waals surface area contributed by atoms with Crippen molar-refractivity contribution < 1.29 is 9.18 Å². The number of nitrogens with one attached hydrogen (secondary N) is 1. The molecule has 0 aliphatic carbocycles. The lowest BCUT2D eigenvalue weighted by molar-refractivity contribution is -0.116. The third-order valence-corrected chi connectivity index (χ3v) is 2.81. The SMILES string of the molecule is CCC(N)c1cn(CC(=O)Nc2ccc(F)cc2)nn1. The predicted octanol–water partition coefficient (Wildman–Crippen LogP) is 1.47. The Bertz CT molecular complexity index is 581. The molecule has 1 heterocycles. The van der Waals surface area contributed by atoms with Gasteiger partial charge in [-0.1, -0.05) is 12.1 Å². The highest BCUT2D eigenvalue weighted by Crippen LogP contribution is 2.10. The van der Waals surface area contributed by atoms with Crippen LogP contribution in [0.5, 0.6) is 0 Å². The van der Waals surface area contributed by atoms with Crippen LogP contribution in [0.4, 0.5) is 10.1 Å². The molecule has 0 radical (unpaired) electrons. The molecule has 0 bridgehead atoms. The fraction of sp³-hybridized carbons (Fsp3) is 0.308. The topological polar surface area (TPSA) is 85.8 Å². The molecule has 1 aromatic carbocycles. The van der Waals surface area contributed by atoms with Crippen molar-refractivity contribution in [2.45, 2.75) is 25.9 Å². The van der Waals surface area contributed by atoms with Gasteiger partial charge in [0.1, 0.15) is 12.4 Å². The largest absolute Gasteiger partial charge is 0.324 e. The molecule has 0 saturated carbocycles. The van der Waals surface area contributed by atoms with E-state index in [2.05, 4.69) is 15.6 Å². The minimum Gasteiger partial charge on any atom is -0.324 e. The van der Waals surface area contributed by atoms with Gasteiger partial charge < -0.3 is 11.1 Å². The van der Waals surface area contributed by atoms with Crippen LogP contribution in [0.1, 0.15) is 25.1 Å². The number of benzene rings is 1. The molecule has 0 aliphatic heterocycles. The zero-order valence-corrected chi connectivity index (χ0v) is 11.1. The Morgan fingerprint density at radius 3 is 2.80 bits per heavy atom. The minimum atomic E-state index is -0.350. The molecule has 1 aromatic heterocycles. The lowest BCUT2D eigenvalue weighted by Crippen LogP contribution is -2.19. The summed E-state index contributed by atoms with van der Waals surface area (Å²) in [5.74, 6) is -0.615. The maximum absolute atomic E-state index is 12.7. The van der Waals surface area contributed by atoms with Gasteiger partial charge in [-0.2, -0.15) is 0 Å². The number of hydrogen-bond donors (Lipinski definition) is 2. The average molecular weight is 277 g/mol. The van der Waals surface area contributed by atoms with E-state index in [4.69, 9.17) is 5.73 Å². The summed E-state index contributed by atoms with van der Waals surface area (Å²) in [5.41, 5.74) is 7.01. The second-order valence-electron chi connectivity index (χ2n) is 4.41. The third-order valence-electron chi connectivity index (χ3n) is 2.81. The Morgan fingerprint density at radius 1 is 1.45 bits per heavy atom. The standard InChI is InChI=1S/C13H16FN5O/c1-2-11(15)12-7-19(18-17-12)8-13(20)16-10-5-3-9(14)4-6-10/h3-7,11H,2,8,15H2,1H3,(H,16,20). The van der Waals surface area contributed by atoms with Gasteiger partial charge in [0.25, 0.3) is 0 Å². The molecule has 0 aliphatic rings.